The molecular formula is C11H9BrClN3. The number of anilines is 3. The maximum Gasteiger partial charge on any atom is 0.0739 e. The Kier molecular flexibility index (Phi) is 3.31. The minimum Gasteiger partial charge on any atom is -0.396 e. The van der Waals surface area contributed by atoms with E-state index in [-0.39, 0.29) is 0 Å². The summed E-state index contributed by atoms with van der Waals surface area (Å²) in [4.78, 5) is 3.92. The van der Waals surface area contributed by atoms with Crippen molar-refractivity contribution >= 4 is 44.6 Å². The molecule has 0 spiro atoms. The van der Waals surface area contributed by atoms with Gasteiger partial charge in [0.25, 0.3) is 0 Å². The fourth-order valence-corrected chi connectivity index (χ4v) is 1.78. The van der Waals surface area contributed by atoms with Gasteiger partial charge in [0.1, 0.15) is 0 Å². The number of nitrogens with two attached hydrogens (primary N) is 1. The lowest BCUT2D eigenvalue weighted by molar-refractivity contribution is 1.33. The van der Waals surface area contributed by atoms with Gasteiger partial charge in [-0.1, -0.05) is 11.6 Å². The van der Waals surface area contributed by atoms with Crippen LogP contribution in [0.15, 0.2) is 41.1 Å². The zero-order valence-electron chi connectivity index (χ0n) is 8.24. The van der Waals surface area contributed by atoms with E-state index in [0.29, 0.717) is 10.7 Å². The number of hydrogen-bond acceptors (Lipinski definition) is 3. The summed E-state index contributed by atoms with van der Waals surface area (Å²) in [5.74, 6) is 0. The van der Waals surface area contributed by atoms with Crippen molar-refractivity contribution in [1.29, 1.82) is 0 Å². The molecule has 5 heteroatoms. The van der Waals surface area contributed by atoms with Crippen LogP contribution in [-0.2, 0) is 0 Å². The Hall–Kier alpha value is -1.26. The minimum atomic E-state index is 0.592. The molecule has 0 saturated carbocycles. The summed E-state index contributed by atoms with van der Waals surface area (Å²) >= 11 is 9.35. The van der Waals surface area contributed by atoms with Crippen LogP contribution in [0.25, 0.3) is 0 Å². The number of nitrogens with zero attached hydrogens (tertiary/aromatic N) is 1. The number of rotatable bonds is 2. The van der Waals surface area contributed by atoms with E-state index in [4.69, 9.17) is 17.3 Å². The molecule has 0 unspecified atom stereocenters. The molecule has 0 atom stereocenters. The van der Waals surface area contributed by atoms with Crippen molar-refractivity contribution in [3.8, 4) is 0 Å². The van der Waals surface area contributed by atoms with Crippen LogP contribution in [-0.4, -0.2) is 4.98 Å². The number of nitrogen functional groups attached to an aromatic ring is 1. The van der Waals surface area contributed by atoms with Gasteiger partial charge in [0.2, 0.25) is 0 Å². The van der Waals surface area contributed by atoms with Crippen LogP contribution in [0.5, 0.6) is 0 Å². The van der Waals surface area contributed by atoms with Crippen LogP contribution in [0, 0.1) is 0 Å². The molecule has 0 fully saturated rings. The predicted octanol–water partition coefficient (Wildman–Crippen LogP) is 3.82. The predicted molar refractivity (Wildman–Crippen MR) is 71.1 cm³/mol. The van der Waals surface area contributed by atoms with Crippen molar-refractivity contribution in [1.82, 2.24) is 4.98 Å². The van der Waals surface area contributed by atoms with Crippen molar-refractivity contribution in [2.75, 3.05) is 11.1 Å². The van der Waals surface area contributed by atoms with Crippen LogP contribution in [0.4, 0.5) is 17.1 Å². The first-order valence-electron chi connectivity index (χ1n) is 4.58. The van der Waals surface area contributed by atoms with Crippen LogP contribution < -0.4 is 11.1 Å². The summed E-state index contributed by atoms with van der Waals surface area (Å²) in [6.07, 6.45) is 3.28. The van der Waals surface area contributed by atoms with Gasteiger partial charge >= 0.3 is 0 Å². The average molecular weight is 299 g/mol. The standard InChI is InChI=1S/C11H9BrClN3/c12-8-2-1-7(13)5-11(8)16-10-3-4-15-6-9(10)14/h1-6H,14H2,(H,15,16). The van der Waals surface area contributed by atoms with Gasteiger partial charge in [0.05, 0.1) is 23.3 Å². The van der Waals surface area contributed by atoms with Gasteiger partial charge < -0.3 is 11.1 Å². The van der Waals surface area contributed by atoms with Crippen molar-refractivity contribution in [2.45, 2.75) is 0 Å². The number of pyridine rings is 1. The molecule has 1 aromatic carbocycles. The number of benzene rings is 1. The van der Waals surface area contributed by atoms with Gasteiger partial charge in [-0.3, -0.25) is 4.98 Å². The van der Waals surface area contributed by atoms with Crippen molar-refractivity contribution < 1.29 is 0 Å². The number of nitrogens with one attached hydrogen (secondary N) is 1. The highest BCUT2D eigenvalue weighted by Crippen LogP contribution is 2.30. The SMILES string of the molecule is Nc1cnccc1Nc1cc(Cl)ccc1Br. The Balaban J connectivity index is 2.34. The van der Waals surface area contributed by atoms with Gasteiger partial charge in [-0.05, 0) is 40.2 Å². The lowest BCUT2D eigenvalue weighted by atomic mass is 10.3. The smallest absolute Gasteiger partial charge is 0.0739 e. The van der Waals surface area contributed by atoms with Crippen molar-refractivity contribution in [2.24, 2.45) is 0 Å². The Morgan fingerprint density at radius 2 is 2.06 bits per heavy atom. The Labute approximate surface area is 107 Å². The molecule has 0 aliphatic carbocycles. The second-order valence-electron chi connectivity index (χ2n) is 3.21. The molecule has 3 nitrogen and oxygen atoms in total. The van der Waals surface area contributed by atoms with Crippen LogP contribution in [0.3, 0.4) is 0 Å². The van der Waals surface area contributed by atoms with Gasteiger partial charge in [-0.2, -0.15) is 0 Å². The highest BCUT2D eigenvalue weighted by Gasteiger charge is 2.03. The molecule has 0 bridgehead atoms. The first kappa shape index (κ1) is 11.2. The van der Waals surface area contributed by atoms with Crippen LogP contribution in [0.2, 0.25) is 5.02 Å². The second-order valence-corrected chi connectivity index (χ2v) is 4.50. The van der Waals surface area contributed by atoms with E-state index in [1.807, 2.05) is 24.3 Å². The third kappa shape index (κ3) is 2.46. The monoisotopic (exact) mass is 297 g/mol. The summed E-state index contributed by atoms with van der Waals surface area (Å²) in [5.41, 5.74) is 8.05. The molecule has 0 radical (unpaired) electrons. The van der Waals surface area contributed by atoms with Crippen molar-refractivity contribution in [3.63, 3.8) is 0 Å². The van der Waals surface area contributed by atoms with Crippen LogP contribution in [0.1, 0.15) is 0 Å². The van der Waals surface area contributed by atoms with E-state index in [0.717, 1.165) is 15.8 Å². The maximum absolute atomic E-state index is 5.92. The Morgan fingerprint density at radius 1 is 1.25 bits per heavy atom. The van der Waals surface area contributed by atoms with Gasteiger partial charge in [0.15, 0.2) is 0 Å². The third-order valence-electron chi connectivity index (χ3n) is 2.05. The Bertz CT molecular complexity index is 516. The van der Waals surface area contributed by atoms with E-state index in [2.05, 4.69) is 26.2 Å². The fraction of sp³-hybridized carbons (Fsp3) is 0. The maximum atomic E-state index is 5.92. The summed E-state index contributed by atoms with van der Waals surface area (Å²) in [7, 11) is 0. The zero-order chi connectivity index (χ0) is 11.5. The van der Waals surface area contributed by atoms with E-state index in [9.17, 15) is 0 Å². The lowest BCUT2D eigenvalue weighted by Gasteiger charge is -2.10. The minimum absolute atomic E-state index is 0.592. The lowest BCUT2D eigenvalue weighted by Crippen LogP contribution is -1.97. The molecule has 1 heterocycles. The summed E-state index contributed by atoms with van der Waals surface area (Å²) in [5, 5.41) is 3.85. The molecule has 2 rings (SSSR count). The molecule has 0 saturated heterocycles. The molecule has 2 aromatic rings. The van der Waals surface area contributed by atoms with Crippen molar-refractivity contribution in [3.05, 3.63) is 46.2 Å². The van der Waals surface area contributed by atoms with E-state index in [1.54, 1.807) is 12.4 Å². The third-order valence-corrected chi connectivity index (χ3v) is 2.98. The molecule has 1 aromatic heterocycles. The first-order chi connectivity index (χ1) is 7.66. The number of halogens is 2. The Morgan fingerprint density at radius 3 is 2.81 bits per heavy atom. The topological polar surface area (TPSA) is 50.9 Å². The molecule has 82 valence electrons. The molecule has 0 aliphatic rings. The highest BCUT2D eigenvalue weighted by atomic mass is 79.9. The number of aromatic nitrogens is 1. The summed E-state index contributed by atoms with van der Waals surface area (Å²) in [6, 6.07) is 7.32. The summed E-state index contributed by atoms with van der Waals surface area (Å²) in [6.45, 7) is 0. The van der Waals surface area contributed by atoms with Gasteiger partial charge in [0, 0.05) is 15.7 Å². The van der Waals surface area contributed by atoms with Gasteiger partial charge in [-0.15, -0.1) is 0 Å². The highest BCUT2D eigenvalue weighted by molar-refractivity contribution is 9.10. The molecule has 0 amide bonds. The quantitative estimate of drug-likeness (QED) is 0.886. The fourth-order valence-electron chi connectivity index (χ4n) is 1.26. The van der Waals surface area contributed by atoms with E-state index >= 15 is 0 Å². The van der Waals surface area contributed by atoms with Crippen LogP contribution >= 0.6 is 27.5 Å². The molecule has 0 aliphatic heterocycles. The van der Waals surface area contributed by atoms with Gasteiger partial charge in [-0.25, -0.2) is 0 Å². The van der Waals surface area contributed by atoms with E-state index in [1.165, 1.54) is 0 Å². The average Bonchev–Trinajstić information content (AvgIpc) is 2.27. The second kappa shape index (κ2) is 4.72. The molecular weight excluding hydrogens is 289 g/mol. The molecule has 3 N–H and O–H groups in total. The number of hydrogen-bond donors (Lipinski definition) is 2. The summed E-state index contributed by atoms with van der Waals surface area (Å²) < 4.78 is 0.924. The normalized spacial score (nSPS) is 10.1. The zero-order valence-corrected chi connectivity index (χ0v) is 10.6. The first-order valence-corrected chi connectivity index (χ1v) is 5.75. The largest absolute Gasteiger partial charge is 0.396 e. The molecule has 16 heavy (non-hydrogen) atoms. The van der Waals surface area contributed by atoms with E-state index < -0.39 is 0 Å².